The Morgan fingerprint density at radius 2 is 1.67 bits per heavy atom. The molecule has 4 aliphatic heterocycles. The van der Waals surface area contributed by atoms with E-state index in [1.807, 2.05) is 12.1 Å². The zero-order chi connectivity index (χ0) is 27.3. The molecule has 3 saturated heterocycles. The fraction of sp³-hybridized carbons (Fsp3) is 0.448. The second-order valence-electron chi connectivity index (χ2n) is 11.2. The lowest BCUT2D eigenvalue weighted by atomic mass is 9.71. The van der Waals surface area contributed by atoms with Crippen molar-refractivity contribution in [3.63, 3.8) is 0 Å². The number of hydrogen-bond acceptors (Lipinski definition) is 6. The molecule has 2 aromatic rings. The summed E-state index contributed by atoms with van der Waals surface area (Å²) in [7, 11) is 0. The van der Waals surface area contributed by atoms with Gasteiger partial charge in [0.05, 0.1) is 5.56 Å². The number of piperidine rings is 3. The molecule has 4 amide bonds. The largest absolute Gasteiger partial charge is 0.371 e. The minimum Gasteiger partial charge on any atom is -0.371 e. The highest BCUT2D eigenvalue weighted by Gasteiger charge is 2.42. The van der Waals surface area contributed by atoms with E-state index < -0.39 is 23.7 Å². The summed E-state index contributed by atoms with van der Waals surface area (Å²) in [6.45, 7) is 3.78. The molecule has 1 atom stereocenters. The fourth-order valence-corrected chi connectivity index (χ4v) is 6.73. The molecule has 3 fully saturated rings. The second-order valence-corrected chi connectivity index (χ2v) is 11.2. The van der Waals surface area contributed by atoms with Gasteiger partial charge in [-0.2, -0.15) is 0 Å². The number of rotatable bonds is 4. The van der Waals surface area contributed by atoms with Crippen molar-refractivity contribution < 1.29 is 23.6 Å². The summed E-state index contributed by atoms with van der Waals surface area (Å²) in [4.78, 5) is 54.7. The van der Waals surface area contributed by atoms with Gasteiger partial charge in [-0.3, -0.25) is 24.5 Å². The number of amides is 4. The summed E-state index contributed by atoms with van der Waals surface area (Å²) in [6.07, 6.45) is 4.67. The van der Waals surface area contributed by atoms with E-state index in [1.165, 1.54) is 12.1 Å². The zero-order valence-electron chi connectivity index (χ0n) is 21.7. The molecule has 3 N–H and O–H groups in total. The highest BCUT2D eigenvalue weighted by Crippen LogP contribution is 2.44. The summed E-state index contributed by atoms with van der Waals surface area (Å²) in [5.41, 5.74) is 8.79. The summed E-state index contributed by atoms with van der Waals surface area (Å²) in [6, 6.07) is 9.80. The van der Waals surface area contributed by atoms with Gasteiger partial charge in [-0.25, -0.2) is 4.39 Å². The van der Waals surface area contributed by atoms with Crippen LogP contribution in [-0.2, 0) is 16.1 Å². The van der Waals surface area contributed by atoms with Crippen LogP contribution < -0.4 is 20.9 Å². The molecule has 0 aliphatic carbocycles. The molecule has 204 valence electrons. The number of nitrogens with two attached hydrogens (primary N) is 1. The van der Waals surface area contributed by atoms with Crippen LogP contribution in [0.5, 0.6) is 0 Å². The van der Waals surface area contributed by atoms with Crippen molar-refractivity contribution in [2.75, 3.05) is 36.0 Å². The average Bonchev–Trinajstić information content (AvgIpc) is 3.25. The molecule has 0 saturated carbocycles. The minimum absolute atomic E-state index is 0.0890. The summed E-state index contributed by atoms with van der Waals surface area (Å²) < 4.78 is 14.3. The Balaban J connectivity index is 1.10. The predicted octanol–water partition coefficient (Wildman–Crippen LogP) is 2.57. The van der Waals surface area contributed by atoms with Crippen molar-refractivity contribution in [2.24, 2.45) is 11.1 Å². The molecule has 39 heavy (non-hydrogen) atoms. The molecular weight excluding hydrogens is 501 g/mol. The highest BCUT2D eigenvalue weighted by molar-refractivity contribution is 6.06. The molecule has 1 unspecified atom stereocenters. The van der Waals surface area contributed by atoms with E-state index in [1.54, 1.807) is 11.0 Å². The van der Waals surface area contributed by atoms with Gasteiger partial charge >= 0.3 is 0 Å². The van der Waals surface area contributed by atoms with E-state index >= 15 is 0 Å². The van der Waals surface area contributed by atoms with E-state index in [4.69, 9.17) is 5.73 Å². The van der Waals surface area contributed by atoms with Gasteiger partial charge in [0.15, 0.2) is 0 Å². The Labute approximate surface area is 226 Å². The van der Waals surface area contributed by atoms with Crippen molar-refractivity contribution in [3.8, 4) is 0 Å². The van der Waals surface area contributed by atoms with Crippen LogP contribution in [0.2, 0.25) is 0 Å². The van der Waals surface area contributed by atoms with Gasteiger partial charge in [-0.05, 0) is 67.9 Å². The van der Waals surface area contributed by atoms with Gasteiger partial charge in [0, 0.05) is 61.6 Å². The number of imide groups is 1. The third-order valence-electron chi connectivity index (χ3n) is 9.13. The smallest absolute Gasteiger partial charge is 0.255 e. The Morgan fingerprint density at radius 1 is 0.974 bits per heavy atom. The van der Waals surface area contributed by atoms with Crippen molar-refractivity contribution in [1.29, 1.82) is 0 Å². The molecule has 1 spiro atoms. The zero-order valence-corrected chi connectivity index (χ0v) is 21.7. The Bertz CT molecular complexity index is 1360. The van der Waals surface area contributed by atoms with Crippen molar-refractivity contribution in [3.05, 3.63) is 58.9 Å². The number of nitrogens with one attached hydrogen (secondary N) is 1. The lowest BCUT2D eigenvalue weighted by Crippen LogP contribution is -2.52. The maximum atomic E-state index is 14.3. The van der Waals surface area contributed by atoms with Crippen LogP contribution in [0.25, 0.3) is 0 Å². The van der Waals surface area contributed by atoms with Gasteiger partial charge in [0.1, 0.15) is 11.9 Å². The third kappa shape index (κ3) is 4.51. The highest BCUT2D eigenvalue weighted by atomic mass is 19.1. The third-order valence-corrected chi connectivity index (χ3v) is 9.13. The first-order chi connectivity index (χ1) is 18.7. The van der Waals surface area contributed by atoms with Crippen LogP contribution in [0.3, 0.4) is 0 Å². The number of carbonyl (C=O) groups excluding carboxylic acids is 4. The van der Waals surface area contributed by atoms with Gasteiger partial charge in [-0.15, -0.1) is 0 Å². The lowest BCUT2D eigenvalue weighted by Gasteiger charge is -2.48. The maximum absolute atomic E-state index is 14.3. The predicted molar refractivity (Wildman–Crippen MR) is 143 cm³/mol. The topological polar surface area (TPSA) is 116 Å². The van der Waals surface area contributed by atoms with Crippen LogP contribution in [0, 0.1) is 11.2 Å². The number of halogens is 1. The van der Waals surface area contributed by atoms with Crippen LogP contribution >= 0.6 is 0 Å². The van der Waals surface area contributed by atoms with Crippen LogP contribution in [0.1, 0.15) is 64.8 Å². The summed E-state index contributed by atoms with van der Waals surface area (Å²) >= 11 is 0. The minimum atomic E-state index is -0.763. The molecule has 0 aromatic heterocycles. The van der Waals surface area contributed by atoms with Gasteiger partial charge < -0.3 is 20.4 Å². The standard InChI is InChI=1S/C29H32FN5O4/c30-22-16-18(4-5-20(22)26(31)37)33-12-8-29(9-13-33)10-14-34(15-11-29)23-3-1-2-19-21(23)17-35(28(19)39)24-6-7-25(36)32-27(24)38/h1-5,16,24H,6-15,17H2,(H2,31,37)(H,32,36,38). The molecule has 2 aromatic carbocycles. The number of carbonyl (C=O) groups is 4. The van der Waals surface area contributed by atoms with E-state index in [0.717, 1.165) is 68.8 Å². The molecule has 4 aliphatic rings. The molecule has 10 heteroatoms. The molecular formula is C29H32FN5O4. The van der Waals surface area contributed by atoms with Gasteiger partial charge in [0.2, 0.25) is 11.8 Å². The molecule has 0 bridgehead atoms. The number of hydrogen-bond donors (Lipinski definition) is 2. The Hall–Kier alpha value is -3.95. The Kier molecular flexibility index (Phi) is 6.28. The number of anilines is 2. The number of benzene rings is 2. The summed E-state index contributed by atoms with van der Waals surface area (Å²) in [5, 5.41) is 2.36. The van der Waals surface area contributed by atoms with Gasteiger partial charge in [0.25, 0.3) is 11.8 Å². The first kappa shape index (κ1) is 25.3. The lowest BCUT2D eigenvalue weighted by molar-refractivity contribution is -0.136. The van der Waals surface area contributed by atoms with Crippen LogP contribution in [-0.4, -0.2) is 60.7 Å². The number of primary amides is 1. The van der Waals surface area contributed by atoms with E-state index in [-0.39, 0.29) is 29.2 Å². The molecule has 9 nitrogen and oxygen atoms in total. The van der Waals surface area contributed by atoms with Crippen molar-refractivity contribution >= 4 is 35.0 Å². The molecule has 4 heterocycles. The fourth-order valence-electron chi connectivity index (χ4n) is 6.73. The second kappa shape index (κ2) is 9.66. The maximum Gasteiger partial charge on any atom is 0.255 e. The van der Waals surface area contributed by atoms with Crippen LogP contribution in [0.4, 0.5) is 15.8 Å². The average molecular weight is 534 g/mol. The SMILES string of the molecule is NC(=O)c1ccc(N2CCC3(CC2)CCN(c2cccc4c2CN(C2CCC(=O)NC2=O)C4=O)CC3)cc1F. The van der Waals surface area contributed by atoms with Crippen molar-refractivity contribution in [1.82, 2.24) is 10.2 Å². The molecule has 0 radical (unpaired) electrons. The van der Waals surface area contributed by atoms with E-state index in [2.05, 4.69) is 21.2 Å². The summed E-state index contributed by atoms with van der Waals surface area (Å²) in [5.74, 6) is -2.18. The number of nitrogens with zero attached hydrogens (tertiary/aromatic N) is 3. The first-order valence-electron chi connectivity index (χ1n) is 13.6. The monoisotopic (exact) mass is 533 g/mol. The first-order valence-corrected chi connectivity index (χ1v) is 13.6. The normalized spacial score (nSPS) is 22.7. The van der Waals surface area contributed by atoms with Crippen molar-refractivity contribution in [2.45, 2.75) is 51.1 Å². The van der Waals surface area contributed by atoms with Gasteiger partial charge in [-0.1, -0.05) is 6.07 Å². The van der Waals surface area contributed by atoms with E-state index in [9.17, 15) is 23.6 Å². The quantitative estimate of drug-likeness (QED) is 0.584. The number of fused-ring (bicyclic) bond motifs is 1. The van der Waals surface area contributed by atoms with E-state index in [0.29, 0.717) is 18.5 Å². The Morgan fingerprint density at radius 3 is 2.31 bits per heavy atom. The van der Waals surface area contributed by atoms with Crippen LogP contribution in [0.15, 0.2) is 36.4 Å². The molecule has 6 rings (SSSR count).